The Balaban J connectivity index is 2.99. The van der Waals surface area contributed by atoms with E-state index < -0.39 is 31.3 Å². The van der Waals surface area contributed by atoms with E-state index in [9.17, 15) is 22.8 Å². The van der Waals surface area contributed by atoms with Gasteiger partial charge in [0.1, 0.15) is 13.1 Å². The first-order valence-electron chi connectivity index (χ1n) is 5.98. The van der Waals surface area contributed by atoms with Crippen molar-refractivity contribution in [3.8, 4) is 0 Å². The fourth-order valence-electron chi connectivity index (χ4n) is 1.83. The smallest absolute Gasteiger partial charge is 0.406 e. The van der Waals surface area contributed by atoms with Gasteiger partial charge in [0.05, 0.1) is 0 Å². The van der Waals surface area contributed by atoms with Crippen LogP contribution >= 0.6 is 0 Å². The number of aryl methyl sites for hydroxylation is 1. The van der Waals surface area contributed by atoms with Gasteiger partial charge in [0, 0.05) is 12.7 Å². The number of halogens is 3. The lowest BCUT2D eigenvalue weighted by molar-refractivity contribution is -0.148. The van der Waals surface area contributed by atoms with Crippen LogP contribution in [0.4, 0.5) is 23.7 Å². The predicted molar refractivity (Wildman–Crippen MR) is 70.2 cm³/mol. The Labute approximate surface area is 119 Å². The number of nitrogens with zero attached hydrogens (tertiary/aromatic N) is 2. The molecule has 0 heterocycles. The third-order valence-electron chi connectivity index (χ3n) is 2.73. The van der Waals surface area contributed by atoms with E-state index in [0.29, 0.717) is 11.3 Å². The molecule has 8 heteroatoms. The maximum absolute atomic E-state index is 12.5. The molecule has 5 nitrogen and oxygen atoms in total. The molecule has 0 saturated heterocycles. The van der Waals surface area contributed by atoms with Crippen LogP contribution in [0.3, 0.4) is 0 Å². The Bertz CT molecular complexity index is 532. The molecule has 0 fully saturated rings. The van der Waals surface area contributed by atoms with Crippen molar-refractivity contribution in [2.75, 3.05) is 25.0 Å². The van der Waals surface area contributed by atoms with E-state index in [0.717, 1.165) is 4.90 Å². The molecule has 1 aromatic carbocycles. The third-order valence-corrected chi connectivity index (χ3v) is 2.73. The highest BCUT2D eigenvalue weighted by Gasteiger charge is 2.35. The molecule has 0 aliphatic heterocycles. The fourth-order valence-corrected chi connectivity index (χ4v) is 1.83. The zero-order chi connectivity index (χ0) is 16.2. The maximum Gasteiger partial charge on any atom is 0.406 e. The van der Waals surface area contributed by atoms with Crippen LogP contribution < -0.4 is 4.90 Å². The van der Waals surface area contributed by atoms with Crippen molar-refractivity contribution < 1.29 is 27.9 Å². The van der Waals surface area contributed by atoms with Crippen molar-refractivity contribution >= 4 is 17.7 Å². The van der Waals surface area contributed by atoms with Gasteiger partial charge in [-0.2, -0.15) is 13.2 Å². The molecule has 0 unspecified atom stereocenters. The summed E-state index contributed by atoms with van der Waals surface area (Å²) in [7, 11) is 1.30. The summed E-state index contributed by atoms with van der Waals surface area (Å²) in [5, 5.41) is 8.66. The summed E-state index contributed by atoms with van der Waals surface area (Å²) >= 11 is 0. The number of alkyl halides is 3. The van der Waals surface area contributed by atoms with Crippen LogP contribution in [0, 0.1) is 6.92 Å². The Morgan fingerprint density at radius 2 is 1.81 bits per heavy atom. The number of amides is 2. The van der Waals surface area contributed by atoms with E-state index in [1.54, 1.807) is 31.2 Å². The van der Waals surface area contributed by atoms with Gasteiger partial charge in [-0.05, 0) is 18.6 Å². The third kappa shape index (κ3) is 4.97. The molecule has 0 aliphatic rings. The van der Waals surface area contributed by atoms with Crippen LogP contribution in [-0.2, 0) is 4.79 Å². The summed E-state index contributed by atoms with van der Waals surface area (Å²) in [5.74, 6) is -1.51. The van der Waals surface area contributed by atoms with Crippen molar-refractivity contribution in [1.29, 1.82) is 0 Å². The van der Waals surface area contributed by atoms with Crippen molar-refractivity contribution in [1.82, 2.24) is 4.90 Å². The number of carboxylic acids is 1. The minimum Gasteiger partial charge on any atom is -0.480 e. The Kier molecular flexibility index (Phi) is 5.17. The number of hydrogen-bond acceptors (Lipinski definition) is 2. The van der Waals surface area contributed by atoms with Crippen LogP contribution in [-0.4, -0.2) is 48.3 Å². The molecule has 0 aliphatic carbocycles. The first kappa shape index (κ1) is 16.8. The predicted octanol–water partition coefficient (Wildman–Crippen LogP) is 2.50. The molecule has 116 valence electrons. The minimum absolute atomic E-state index is 0.245. The molecule has 0 radical (unpaired) electrons. The van der Waals surface area contributed by atoms with E-state index in [-0.39, 0.29) is 4.90 Å². The molecule has 1 rings (SSSR count). The van der Waals surface area contributed by atoms with Crippen LogP contribution in [0.15, 0.2) is 24.3 Å². The van der Waals surface area contributed by atoms with E-state index in [1.807, 2.05) is 0 Å². The van der Waals surface area contributed by atoms with Crippen LogP contribution in [0.2, 0.25) is 0 Å². The number of benzene rings is 1. The molecule has 2 amide bonds. The van der Waals surface area contributed by atoms with Gasteiger partial charge in [-0.15, -0.1) is 0 Å². The van der Waals surface area contributed by atoms with E-state index >= 15 is 0 Å². The highest BCUT2D eigenvalue weighted by molar-refractivity contribution is 5.93. The standard InChI is InChI=1S/C13H15F3N2O3/c1-9-5-3-4-6-10(9)17(2)12(21)18(7-11(19)20)8-13(14,15)16/h3-6H,7-8H2,1-2H3,(H,19,20). The molecule has 0 bridgehead atoms. The summed E-state index contributed by atoms with van der Waals surface area (Å²) in [4.78, 5) is 24.0. The average Bonchev–Trinajstić information content (AvgIpc) is 2.34. The zero-order valence-corrected chi connectivity index (χ0v) is 11.5. The second kappa shape index (κ2) is 6.47. The molecule has 0 atom stereocenters. The summed E-state index contributed by atoms with van der Waals surface area (Å²) < 4.78 is 37.4. The van der Waals surface area contributed by atoms with Crippen molar-refractivity contribution in [3.05, 3.63) is 29.8 Å². The van der Waals surface area contributed by atoms with E-state index in [2.05, 4.69) is 0 Å². The number of urea groups is 1. The van der Waals surface area contributed by atoms with Crippen molar-refractivity contribution in [3.63, 3.8) is 0 Å². The van der Waals surface area contributed by atoms with Gasteiger partial charge in [0.2, 0.25) is 0 Å². The summed E-state index contributed by atoms with van der Waals surface area (Å²) in [6.07, 6.45) is -4.67. The highest BCUT2D eigenvalue weighted by atomic mass is 19.4. The number of carboxylic acid groups (broad SMARTS) is 1. The summed E-state index contributed by atoms with van der Waals surface area (Å²) in [6.45, 7) is -0.937. The number of rotatable bonds is 4. The highest BCUT2D eigenvalue weighted by Crippen LogP contribution is 2.21. The second-order valence-corrected chi connectivity index (χ2v) is 4.49. The van der Waals surface area contributed by atoms with Gasteiger partial charge in [-0.3, -0.25) is 9.69 Å². The zero-order valence-electron chi connectivity index (χ0n) is 11.5. The fraction of sp³-hybridized carbons (Fsp3) is 0.385. The Morgan fingerprint density at radius 1 is 1.24 bits per heavy atom. The Hall–Kier alpha value is -2.25. The lowest BCUT2D eigenvalue weighted by Gasteiger charge is -2.28. The molecule has 1 aromatic rings. The van der Waals surface area contributed by atoms with Gasteiger partial charge < -0.3 is 10.0 Å². The molecular weight excluding hydrogens is 289 g/mol. The van der Waals surface area contributed by atoms with Gasteiger partial charge >= 0.3 is 18.2 Å². The lowest BCUT2D eigenvalue weighted by Crippen LogP contribution is -2.48. The van der Waals surface area contributed by atoms with E-state index in [1.165, 1.54) is 7.05 Å². The number of para-hydroxylation sites is 1. The number of aliphatic carboxylic acids is 1. The van der Waals surface area contributed by atoms with Crippen molar-refractivity contribution in [2.45, 2.75) is 13.1 Å². The van der Waals surface area contributed by atoms with Crippen molar-refractivity contribution in [2.24, 2.45) is 0 Å². The normalized spacial score (nSPS) is 11.1. The lowest BCUT2D eigenvalue weighted by atomic mass is 10.2. The SMILES string of the molecule is Cc1ccccc1N(C)C(=O)N(CC(=O)O)CC(F)(F)F. The second-order valence-electron chi connectivity index (χ2n) is 4.49. The summed E-state index contributed by atoms with van der Waals surface area (Å²) in [5.41, 5.74) is 1.11. The first-order valence-corrected chi connectivity index (χ1v) is 5.98. The number of hydrogen-bond donors (Lipinski definition) is 1. The molecule has 0 aromatic heterocycles. The first-order chi connectivity index (χ1) is 9.61. The van der Waals surface area contributed by atoms with Crippen LogP contribution in [0.5, 0.6) is 0 Å². The number of carbonyl (C=O) groups excluding carboxylic acids is 1. The maximum atomic E-state index is 12.5. The monoisotopic (exact) mass is 304 g/mol. The molecule has 0 saturated carbocycles. The number of carbonyl (C=O) groups is 2. The van der Waals surface area contributed by atoms with E-state index in [4.69, 9.17) is 5.11 Å². The quantitative estimate of drug-likeness (QED) is 0.929. The molecule has 1 N–H and O–H groups in total. The minimum atomic E-state index is -4.67. The number of anilines is 1. The topological polar surface area (TPSA) is 60.9 Å². The molecule has 0 spiro atoms. The summed E-state index contributed by atoms with van der Waals surface area (Å²) in [6, 6.07) is 5.60. The van der Waals surface area contributed by atoms with Gasteiger partial charge in [0.15, 0.2) is 0 Å². The Morgan fingerprint density at radius 3 is 2.29 bits per heavy atom. The van der Waals surface area contributed by atoms with Gasteiger partial charge in [-0.25, -0.2) is 4.79 Å². The van der Waals surface area contributed by atoms with Gasteiger partial charge in [0.25, 0.3) is 0 Å². The van der Waals surface area contributed by atoms with Crippen LogP contribution in [0.1, 0.15) is 5.56 Å². The van der Waals surface area contributed by atoms with Crippen LogP contribution in [0.25, 0.3) is 0 Å². The molecular formula is C13H15F3N2O3. The average molecular weight is 304 g/mol. The molecule has 21 heavy (non-hydrogen) atoms. The van der Waals surface area contributed by atoms with Gasteiger partial charge in [-0.1, -0.05) is 18.2 Å². The largest absolute Gasteiger partial charge is 0.480 e.